The Hall–Kier alpha value is -4.00. The van der Waals surface area contributed by atoms with Gasteiger partial charge in [0.25, 0.3) is 0 Å². The third-order valence-electron chi connectivity index (χ3n) is 9.44. The molecule has 2 atom stereocenters. The summed E-state index contributed by atoms with van der Waals surface area (Å²) in [5.74, 6) is 0.372. The third kappa shape index (κ3) is 5.66. The Labute approximate surface area is 270 Å². The molecular formula is C42H44NOP. The van der Waals surface area contributed by atoms with Crippen LogP contribution in [-0.4, -0.2) is 21.9 Å². The van der Waals surface area contributed by atoms with Crippen LogP contribution < -0.4 is 0 Å². The van der Waals surface area contributed by atoms with Crippen molar-refractivity contribution in [3.63, 3.8) is 0 Å². The molecule has 1 saturated heterocycles. The van der Waals surface area contributed by atoms with Gasteiger partial charge in [0.15, 0.2) is 0 Å². The van der Waals surface area contributed by atoms with E-state index in [1.165, 1.54) is 5.45 Å². The number of benzene rings is 5. The highest BCUT2D eigenvalue weighted by Crippen LogP contribution is 2.68. The lowest BCUT2D eigenvalue weighted by molar-refractivity contribution is 0.253. The van der Waals surface area contributed by atoms with E-state index in [1.54, 1.807) is 0 Å². The summed E-state index contributed by atoms with van der Waals surface area (Å²) >= 11 is 0. The van der Waals surface area contributed by atoms with E-state index in [2.05, 4.69) is 145 Å². The van der Waals surface area contributed by atoms with Gasteiger partial charge in [-0.3, -0.25) is 4.99 Å². The van der Waals surface area contributed by atoms with Gasteiger partial charge in [0, 0.05) is 27.7 Å². The summed E-state index contributed by atoms with van der Waals surface area (Å²) in [5, 5.41) is 12.3. The molecule has 2 unspecified atom stereocenters. The number of hydrogen-bond donors (Lipinski definition) is 1. The lowest BCUT2D eigenvalue weighted by Crippen LogP contribution is -2.44. The van der Waals surface area contributed by atoms with Crippen LogP contribution in [-0.2, 0) is 5.41 Å². The molecule has 0 aliphatic carbocycles. The molecule has 1 fully saturated rings. The molecule has 0 aromatic heterocycles. The Morgan fingerprint density at radius 2 is 1.02 bits per heavy atom. The summed E-state index contributed by atoms with van der Waals surface area (Å²) in [6, 6.07) is 44.4. The normalized spacial score (nSPS) is 19.6. The molecule has 0 bridgehead atoms. The Morgan fingerprint density at radius 3 is 1.49 bits per heavy atom. The molecule has 228 valence electrons. The van der Waals surface area contributed by atoms with Crippen molar-refractivity contribution in [2.45, 2.75) is 58.5 Å². The molecule has 2 nitrogen and oxygen atoms in total. The molecule has 5 aromatic rings. The summed E-state index contributed by atoms with van der Waals surface area (Å²) in [6.07, 6.45) is 2.01. The van der Waals surface area contributed by atoms with Crippen molar-refractivity contribution in [3.05, 3.63) is 133 Å². The fourth-order valence-corrected chi connectivity index (χ4v) is 10.4. The van der Waals surface area contributed by atoms with Crippen LogP contribution >= 0.6 is 7.92 Å². The fourth-order valence-electron chi connectivity index (χ4n) is 7.12. The Kier molecular flexibility index (Phi) is 8.31. The van der Waals surface area contributed by atoms with Gasteiger partial charge in [-0.2, -0.15) is 0 Å². The van der Waals surface area contributed by atoms with Gasteiger partial charge in [-0.15, -0.1) is 0 Å². The minimum Gasteiger partial charge on any atom is -0.507 e. The number of aliphatic imine (C=N–C) groups is 1. The van der Waals surface area contributed by atoms with Crippen LogP contribution in [0.3, 0.4) is 0 Å². The topological polar surface area (TPSA) is 32.6 Å². The van der Waals surface area contributed by atoms with Gasteiger partial charge in [0.05, 0.1) is 11.1 Å². The molecule has 1 N–H and O–H groups in total. The van der Waals surface area contributed by atoms with Gasteiger partial charge in [-0.25, -0.2) is 0 Å². The molecule has 0 amide bonds. The molecule has 5 aromatic carbocycles. The first-order valence-electron chi connectivity index (χ1n) is 16.0. The first kappa shape index (κ1) is 31.0. The monoisotopic (exact) mass is 609 g/mol. The number of para-hydroxylation sites is 2. The second-order valence-corrected chi connectivity index (χ2v) is 17.2. The third-order valence-corrected chi connectivity index (χ3v) is 12.7. The number of aromatic hydroxyl groups is 1. The number of nitrogens with zero attached hydrogens (tertiary/aromatic N) is 1. The van der Waals surface area contributed by atoms with Crippen molar-refractivity contribution in [1.82, 2.24) is 0 Å². The van der Waals surface area contributed by atoms with Crippen molar-refractivity contribution in [3.8, 4) is 39.1 Å². The highest BCUT2D eigenvalue weighted by atomic mass is 31.1. The summed E-state index contributed by atoms with van der Waals surface area (Å²) in [4.78, 5) is 5.93. The number of phenolic OH excluding ortho intramolecular Hbond substituents is 1. The largest absolute Gasteiger partial charge is 0.507 e. The molecule has 3 heteroatoms. The molecule has 45 heavy (non-hydrogen) atoms. The number of hydrogen-bond acceptors (Lipinski definition) is 2. The number of rotatable bonds is 5. The zero-order valence-electron chi connectivity index (χ0n) is 27.4. The molecule has 0 saturated carbocycles. The highest BCUT2D eigenvalue weighted by molar-refractivity contribution is 7.77. The Morgan fingerprint density at radius 1 is 0.578 bits per heavy atom. The van der Waals surface area contributed by atoms with E-state index in [-0.39, 0.29) is 10.6 Å². The van der Waals surface area contributed by atoms with Crippen LogP contribution in [0.2, 0.25) is 0 Å². The predicted molar refractivity (Wildman–Crippen MR) is 195 cm³/mol. The molecule has 6 rings (SSSR count). The SMILES string of the molecule is CC(C)(C)P1CCC(c2cccc(-c3ccccc3)c2O)(C(C)(C)C)C1=Nc1c(-c2ccccc2)cccc1-c1ccccc1. The standard InChI is InChI=1S/C42H44NOP/c1-40(2,3)42(36-27-17-26-35(38(36)44)32-22-14-9-15-23-32)28-29-45(41(4,5)6)39(42)43-37-33(30-18-10-7-11-19-30)24-16-25-34(37)31-20-12-8-13-21-31/h7-27,44H,28-29H2,1-6H3. The smallest absolute Gasteiger partial charge is 0.127 e. The van der Waals surface area contributed by atoms with Gasteiger partial charge < -0.3 is 5.11 Å². The minimum atomic E-state index is -0.649. The van der Waals surface area contributed by atoms with E-state index in [0.29, 0.717) is 5.75 Å². The quantitative estimate of drug-likeness (QED) is 0.198. The predicted octanol–water partition coefficient (Wildman–Crippen LogP) is 12.1. The van der Waals surface area contributed by atoms with Crippen LogP contribution in [0.5, 0.6) is 5.75 Å². The maximum atomic E-state index is 12.2. The first-order chi connectivity index (χ1) is 21.5. The zero-order chi connectivity index (χ0) is 31.8. The van der Waals surface area contributed by atoms with E-state index in [4.69, 9.17) is 4.99 Å². The van der Waals surface area contributed by atoms with Gasteiger partial charge >= 0.3 is 0 Å². The van der Waals surface area contributed by atoms with Gasteiger partial charge in [-0.05, 0) is 39.8 Å². The van der Waals surface area contributed by atoms with E-state index in [9.17, 15) is 5.11 Å². The second-order valence-electron chi connectivity index (χ2n) is 14.2. The van der Waals surface area contributed by atoms with Crippen LogP contribution in [0, 0.1) is 5.41 Å². The van der Waals surface area contributed by atoms with Gasteiger partial charge in [-0.1, -0.05) is 177 Å². The van der Waals surface area contributed by atoms with E-state index >= 15 is 0 Å². The fraction of sp³-hybridized carbons (Fsp3) is 0.262. The average molecular weight is 610 g/mol. The molecule has 0 radical (unpaired) electrons. The lowest BCUT2D eigenvalue weighted by atomic mass is 9.61. The first-order valence-corrected chi connectivity index (χ1v) is 17.5. The lowest BCUT2D eigenvalue weighted by Gasteiger charge is -2.45. The van der Waals surface area contributed by atoms with Crippen LogP contribution in [0.25, 0.3) is 33.4 Å². The highest BCUT2D eigenvalue weighted by Gasteiger charge is 2.57. The summed E-state index contributed by atoms with van der Waals surface area (Å²) in [6.45, 7) is 14.1. The summed E-state index contributed by atoms with van der Waals surface area (Å²) in [5.41, 5.74) is 9.03. The minimum absolute atomic E-state index is 0.0441. The van der Waals surface area contributed by atoms with Crippen molar-refractivity contribution in [2.24, 2.45) is 10.4 Å². The zero-order valence-corrected chi connectivity index (χ0v) is 28.3. The molecule has 1 aliphatic heterocycles. The number of phenols is 1. The van der Waals surface area contributed by atoms with E-state index in [0.717, 1.165) is 57.2 Å². The van der Waals surface area contributed by atoms with Gasteiger partial charge in [0.1, 0.15) is 5.75 Å². The summed E-state index contributed by atoms with van der Waals surface area (Å²) < 4.78 is 0. The second kappa shape index (κ2) is 12.1. The Balaban J connectivity index is 1.70. The van der Waals surface area contributed by atoms with Crippen molar-refractivity contribution < 1.29 is 5.11 Å². The maximum absolute atomic E-state index is 12.2. The summed E-state index contributed by atoms with van der Waals surface area (Å²) in [7, 11) is -0.649. The van der Waals surface area contributed by atoms with E-state index in [1.807, 2.05) is 24.3 Å². The Bertz CT molecular complexity index is 1760. The average Bonchev–Trinajstić information content (AvgIpc) is 3.43. The van der Waals surface area contributed by atoms with Crippen molar-refractivity contribution >= 4 is 19.1 Å². The van der Waals surface area contributed by atoms with Crippen molar-refractivity contribution in [2.75, 3.05) is 6.16 Å². The molecule has 1 aliphatic rings. The van der Waals surface area contributed by atoms with Crippen LogP contribution in [0.1, 0.15) is 53.5 Å². The molecule has 0 spiro atoms. The maximum Gasteiger partial charge on any atom is 0.127 e. The van der Waals surface area contributed by atoms with E-state index < -0.39 is 13.3 Å². The molecule has 1 heterocycles. The molecular weight excluding hydrogens is 565 g/mol. The van der Waals surface area contributed by atoms with Crippen molar-refractivity contribution in [1.29, 1.82) is 0 Å². The van der Waals surface area contributed by atoms with Crippen LogP contribution in [0.15, 0.2) is 132 Å². The van der Waals surface area contributed by atoms with Gasteiger partial charge in [0.2, 0.25) is 0 Å². The van der Waals surface area contributed by atoms with Crippen LogP contribution in [0.4, 0.5) is 5.69 Å².